The van der Waals surface area contributed by atoms with Gasteiger partial charge in [-0.3, -0.25) is 13.6 Å². The smallest absolute Gasteiger partial charge is 0.282 e. The number of phosphoric acid groups is 1. The van der Waals surface area contributed by atoms with Gasteiger partial charge in [0.2, 0.25) is 0 Å². The third-order valence-corrected chi connectivity index (χ3v) is 5.19. The third-order valence-electron chi connectivity index (χ3n) is 3.87. The Morgan fingerprint density at radius 3 is 1.38 bits per heavy atom. The summed E-state index contributed by atoms with van der Waals surface area (Å²) < 4.78 is 29.2. The van der Waals surface area contributed by atoms with E-state index in [0.29, 0.717) is 0 Å². The monoisotopic (exact) mass is 414 g/mol. The minimum Gasteiger partial charge on any atom is -0.282 e. The number of rotatable bonds is 12. The maximum Gasteiger partial charge on any atom is 0.477 e. The zero-order chi connectivity index (χ0) is 20.2. The van der Waals surface area contributed by atoms with Crippen molar-refractivity contribution in [3.05, 3.63) is 108 Å². The average Bonchev–Trinajstić information content (AvgIpc) is 2.78. The molecule has 3 rings (SSSR count). The van der Waals surface area contributed by atoms with Crippen LogP contribution in [-0.2, 0) is 47.7 Å². The van der Waals surface area contributed by atoms with E-state index >= 15 is 0 Å². The fourth-order valence-electron chi connectivity index (χ4n) is 2.37. The van der Waals surface area contributed by atoms with Crippen LogP contribution in [0.1, 0.15) is 16.7 Å². The predicted octanol–water partition coefficient (Wildman–Crippen LogP) is 5.65. The second kappa shape index (κ2) is 11.6. The van der Waals surface area contributed by atoms with E-state index in [-0.39, 0.29) is 19.8 Å². The molecule has 152 valence electrons. The van der Waals surface area contributed by atoms with Crippen molar-refractivity contribution in [1.82, 2.24) is 0 Å². The fraction of sp³-hybridized carbons (Fsp3) is 0.182. The molecule has 0 saturated carbocycles. The van der Waals surface area contributed by atoms with E-state index in [1.54, 1.807) is 0 Å². The number of phosphoric ester groups is 1. The van der Waals surface area contributed by atoms with Crippen molar-refractivity contribution < 1.29 is 27.9 Å². The molecule has 6 nitrogen and oxygen atoms in total. The molecule has 29 heavy (non-hydrogen) atoms. The Labute approximate surface area is 170 Å². The van der Waals surface area contributed by atoms with Crippen LogP contribution in [0.3, 0.4) is 0 Å². The Kier molecular flexibility index (Phi) is 8.58. The molecule has 0 N–H and O–H groups in total. The van der Waals surface area contributed by atoms with Gasteiger partial charge in [-0.1, -0.05) is 91.0 Å². The highest BCUT2D eigenvalue weighted by molar-refractivity contribution is 7.48. The zero-order valence-electron chi connectivity index (χ0n) is 15.9. The minimum atomic E-state index is -3.87. The van der Waals surface area contributed by atoms with Crippen molar-refractivity contribution >= 4 is 7.82 Å². The summed E-state index contributed by atoms with van der Waals surface area (Å²) in [6.07, 6.45) is 0. The van der Waals surface area contributed by atoms with E-state index < -0.39 is 14.6 Å². The van der Waals surface area contributed by atoms with Crippen molar-refractivity contribution in [2.75, 3.05) is 6.79 Å². The molecule has 0 spiro atoms. The summed E-state index contributed by atoms with van der Waals surface area (Å²) in [6, 6.07) is 28.2. The van der Waals surface area contributed by atoms with Gasteiger partial charge in [-0.15, -0.1) is 0 Å². The van der Waals surface area contributed by atoms with E-state index in [2.05, 4.69) is 0 Å². The molecule has 0 aliphatic rings. The molecule has 7 heteroatoms. The van der Waals surface area contributed by atoms with Crippen molar-refractivity contribution in [3.8, 4) is 0 Å². The van der Waals surface area contributed by atoms with Crippen LogP contribution in [-0.4, -0.2) is 6.79 Å². The lowest BCUT2D eigenvalue weighted by Gasteiger charge is -2.18. The molecule has 0 amide bonds. The molecule has 0 unspecified atom stereocenters. The SMILES string of the molecule is O=P(OCOOCc1ccccc1)(OCc1ccccc1)OCc1ccccc1. The van der Waals surface area contributed by atoms with Gasteiger partial charge >= 0.3 is 7.82 Å². The number of hydrogen-bond acceptors (Lipinski definition) is 6. The summed E-state index contributed by atoms with van der Waals surface area (Å²) in [5.74, 6) is 0. The van der Waals surface area contributed by atoms with Gasteiger partial charge in [0.05, 0.1) is 13.2 Å². The first-order chi connectivity index (χ1) is 14.2. The molecule has 0 heterocycles. The van der Waals surface area contributed by atoms with Gasteiger partial charge in [0.15, 0.2) is 6.79 Å². The Morgan fingerprint density at radius 1 is 0.517 bits per heavy atom. The van der Waals surface area contributed by atoms with E-state index in [1.807, 2.05) is 91.0 Å². The number of hydrogen-bond donors (Lipinski definition) is 0. The highest BCUT2D eigenvalue weighted by atomic mass is 31.2. The molecule has 3 aromatic carbocycles. The summed E-state index contributed by atoms with van der Waals surface area (Å²) in [7, 11) is -3.87. The predicted molar refractivity (Wildman–Crippen MR) is 108 cm³/mol. The van der Waals surface area contributed by atoms with E-state index in [0.717, 1.165) is 16.7 Å². The molecular formula is C22H23O6P. The quantitative estimate of drug-likeness (QED) is 0.125. The third kappa shape index (κ3) is 7.91. The number of benzene rings is 3. The fourth-order valence-corrected chi connectivity index (χ4v) is 3.38. The maximum absolute atomic E-state index is 13.0. The normalized spacial score (nSPS) is 11.4. The summed E-state index contributed by atoms with van der Waals surface area (Å²) in [5.41, 5.74) is 2.64. The summed E-state index contributed by atoms with van der Waals surface area (Å²) in [4.78, 5) is 10.1. The second-order valence-corrected chi connectivity index (χ2v) is 7.75. The Morgan fingerprint density at radius 2 is 0.931 bits per heavy atom. The Hall–Kier alpha value is -2.31. The van der Waals surface area contributed by atoms with E-state index in [9.17, 15) is 4.57 Å². The Bertz CT molecular complexity index is 826. The highest BCUT2D eigenvalue weighted by Gasteiger charge is 2.27. The molecule has 0 aromatic heterocycles. The van der Waals surface area contributed by atoms with Crippen molar-refractivity contribution in [3.63, 3.8) is 0 Å². The van der Waals surface area contributed by atoms with Gasteiger partial charge in [-0.2, -0.15) is 0 Å². The Balaban J connectivity index is 1.50. The van der Waals surface area contributed by atoms with Crippen LogP contribution in [0.25, 0.3) is 0 Å². The van der Waals surface area contributed by atoms with Crippen LogP contribution in [0.5, 0.6) is 0 Å². The van der Waals surface area contributed by atoms with Crippen LogP contribution in [0, 0.1) is 0 Å². The lowest BCUT2D eigenvalue weighted by molar-refractivity contribution is -0.333. The first-order valence-electron chi connectivity index (χ1n) is 9.13. The van der Waals surface area contributed by atoms with Crippen LogP contribution in [0.2, 0.25) is 0 Å². The topological polar surface area (TPSA) is 63.2 Å². The van der Waals surface area contributed by atoms with Gasteiger partial charge < -0.3 is 0 Å². The van der Waals surface area contributed by atoms with E-state index in [1.165, 1.54) is 0 Å². The molecule has 0 atom stereocenters. The average molecular weight is 414 g/mol. The van der Waals surface area contributed by atoms with Gasteiger partial charge in [0.1, 0.15) is 6.61 Å². The van der Waals surface area contributed by atoms with Crippen LogP contribution in [0.15, 0.2) is 91.0 Å². The van der Waals surface area contributed by atoms with Crippen molar-refractivity contribution in [1.29, 1.82) is 0 Å². The van der Waals surface area contributed by atoms with Gasteiger partial charge in [-0.05, 0) is 16.7 Å². The summed E-state index contributed by atoms with van der Waals surface area (Å²) >= 11 is 0. The lowest BCUT2D eigenvalue weighted by Crippen LogP contribution is -2.05. The molecule has 0 radical (unpaired) electrons. The second-order valence-electron chi connectivity index (χ2n) is 6.08. The highest BCUT2D eigenvalue weighted by Crippen LogP contribution is 2.50. The zero-order valence-corrected chi connectivity index (χ0v) is 16.8. The minimum absolute atomic E-state index is 0.0811. The summed E-state index contributed by atoms with van der Waals surface area (Å²) in [6.45, 7) is 0.00744. The largest absolute Gasteiger partial charge is 0.477 e. The first-order valence-corrected chi connectivity index (χ1v) is 10.6. The van der Waals surface area contributed by atoms with Crippen molar-refractivity contribution in [2.45, 2.75) is 19.8 Å². The van der Waals surface area contributed by atoms with E-state index in [4.69, 9.17) is 23.3 Å². The maximum atomic E-state index is 13.0. The van der Waals surface area contributed by atoms with Crippen LogP contribution < -0.4 is 0 Å². The first kappa shape index (κ1) is 21.4. The van der Waals surface area contributed by atoms with Gasteiger partial charge in [0.25, 0.3) is 0 Å². The standard InChI is InChI=1S/C22H23O6P/c23-29(26-17-21-12-6-2-7-13-21,27-18-22-14-8-3-9-15-22)28-19-25-24-16-20-10-4-1-5-11-20/h1-15H,16-19H2. The molecule has 0 fully saturated rings. The van der Waals surface area contributed by atoms with Crippen molar-refractivity contribution in [2.24, 2.45) is 0 Å². The van der Waals surface area contributed by atoms with Gasteiger partial charge in [0, 0.05) is 0 Å². The molecule has 3 aromatic rings. The van der Waals surface area contributed by atoms with Crippen LogP contribution >= 0.6 is 7.82 Å². The van der Waals surface area contributed by atoms with Crippen LogP contribution in [0.4, 0.5) is 0 Å². The molecule has 0 saturated heterocycles. The molecule has 0 aliphatic heterocycles. The lowest BCUT2D eigenvalue weighted by atomic mass is 10.2. The molecule has 0 aliphatic carbocycles. The molecular weight excluding hydrogens is 391 g/mol. The molecule has 0 bridgehead atoms. The van der Waals surface area contributed by atoms with Gasteiger partial charge in [-0.25, -0.2) is 14.3 Å². The summed E-state index contributed by atoms with van der Waals surface area (Å²) in [5, 5.41) is 0.